The summed E-state index contributed by atoms with van der Waals surface area (Å²) in [5.41, 5.74) is 0. The molecule has 0 atom stereocenters. The fourth-order valence-electron chi connectivity index (χ4n) is 0.684. The second kappa shape index (κ2) is 12.2. The molecule has 0 aromatic rings. The third-order valence-corrected chi connectivity index (χ3v) is 1.08. The van der Waals surface area contributed by atoms with Crippen molar-refractivity contribution in [2.45, 2.75) is 41.0 Å². The maximum atomic E-state index is 4.16. The quantitative estimate of drug-likeness (QED) is 0.623. The average Bonchev–Trinajstić information content (AvgIpc) is 2.63. The van der Waals surface area contributed by atoms with Gasteiger partial charge >= 0.3 is 0 Å². The van der Waals surface area contributed by atoms with Crippen molar-refractivity contribution in [3.8, 4) is 0 Å². The van der Waals surface area contributed by atoms with E-state index in [0.29, 0.717) is 0 Å². The number of aliphatic imine (C=N–C) groups is 1. The topological polar surface area (TPSA) is 24.4 Å². The number of rotatable bonds is 1. The summed E-state index contributed by atoms with van der Waals surface area (Å²) in [5, 5.41) is 3.16. The molecule has 1 rings (SSSR count). The Labute approximate surface area is 71.1 Å². The van der Waals surface area contributed by atoms with Crippen LogP contribution in [-0.4, -0.2) is 18.9 Å². The van der Waals surface area contributed by atoms with E-state index in [9.17, 15) is 0 Å². The van der Waals surface area contributed by atoms with Crippen LogP contribution in [0.3, 0.4) is 0 Å². The summed E-state index contributed by atoms with van der Waals surface area (Å²) in [4.78, 5) is 4.16. The normalized spacial score (nSPS) is 13.0. The highest BCUT2D eigenvalue weighted by Crippen LogP contribution is 1.87. The summed E-state index contributed by atoms with van der Waals surface area (Å²) in [6.45, 7) is 12.1. The molecule has 2 nitrogen and oxygen atoms in total. The van der Waals surface area contributed by atoms with E-state index in [2.05, 4.69) is 17.2 Å². The van der Waals surface area contributed by atoms with E-state index in [1.807, 2.05) is 27.7 Å². The van der Waals surface area contributed by atoms with Crippen LogP contribution in [0.5, 0.6) is 0 Å². The number of hydrogen-bond donors (Lipinski definition) is 1. The molecule has 1 aliphatic heterocycles. The van der Waals surface area contributed by atoms with Crippen molar-refractivity contribution >= 4 is 5.84 Å². The van der Waals surface area contributed by atoms with Crippen LogP contribution in [0, 0.1) is 0 Å². The molecule has 0 radical (unpaired) electrons. The minimum atomic E-state index is 0.975. The van der Waals surface area contributed by atoms with Gasteiger partial charge in [-0.15, -0.1) is 0 Å². The zero-order valence-electron chi connectivity index (χ0n) is 8.57. The lowest BCUT2D eigenvalue weighted by Crippen LogP contribution is -2.16. The smallest absolute Gasteiger partial charge is 0.0961 e. The molecule has 1 N–H and O–H groups in total. The van der Waals surface area contributed by atoms with Gasteiger partial charge in [-0.25, -0.2) is 0 Å². The van der Waals surface area contributed by atoms with Gasteiger partial charge in [0.1, 0.15) is 0 Å². The van der Waals surface area contributed by atoms with Crippen molar-refractivity contribution in [2.75, 3.05) is 13.1 Å². The highest BCUT2D eigenvalue weighted by Gasteiger charge is 1.98. The van der Waals surface area contributed by atoms with Crippen molar-refractivity contribution in [1.29, 1.82) is 0 Å². The summed E-state index contributed by atoms with van der Waals surface area (Å²) in [5.74, 6) is 1.17. The summed E-state index contributed by atoms with van der Waals surface area (Å²) in [7, 11) is 0. The predicted octanol–water partition coefficient (Wildman–Crippen LogP) is 2.45. The van der Waals surface area contributed by atoms with Gasteiger partial charge in [0.25, 0.3) is 0 Å². The van der Waals surface area contributed by atoms with Gasteiger partial charge in [0.15, 0.2) is 0 Å². The second-order valence-electron chi connectivity index (χ2n) is 1.61. The number of nitrogens with zero attached hydrogens (tertiary/aromatic N) is 1. The Hall–Kier alpha value is -0.530. The maximum absolute atomic E-state index is 4.16. The maximum Gasteiger partial charge on any atom is 0.0961 e. The standard InChI is InChI=1S/C5H10N2.2C2H6/c1-2-5-6-3-4-7-5;2*1-2/h2-4H2,1H3,(H,6,7);2*1-2H3. The Morgan fingerprint density at radius 3 is 2.00 bits per heavy atom. The van der Waals surface area contributed by atoms with Gasteiger partial charge in [-0.05, 0) is 0 Å². The minimum Gasteiger partial charge on any atom is -0.372 e. The molecule has 0 aromatic carbocycles. The molecule has 2 heteroatoms. The van der Waals surface area contributed by atoms with Crippen molar-refractivity contribution in [2.24, 2.45) is 4.99 Å². The van der Waals surface area contributed by atoms with Crippen molar-refractivity contribution in [3.05, 3.63) is 0 Å². The predicted molar refractivity (Wildman–Crippen MR) is 53.3 cm³/mol. The second-order valence-corrected chi connectivity index (χ2v) is 1.61. The first-order valence-corrected chi connectivity index (χ1v) is 4.70. The molecule has 0 spiro atoms. The van der Waals surface area contributed by atoms with Crippen LogP contribution in [0.4, 0.5) is 0 Å². The first-order valence-electron chi connectivity index (χ1n) is 4.70. The zero-order valence-corrected chi connectivity index (χ0v) is 8.57. The SMILES string of the molecule is CC.CC.CCC1=NCCN1. The monoisotopic (exact) mass is 158 g/mol. The molecule has 0 aromatic heterocycles. The zero-order chi connectivity index (χ0) is 9.11. The van der Waals surface area contributed by atoms with Gasteiger partial charge in [0, 0.05) is 13.0 Å². The van der Waals surface area contributed by atoms with Gasteiger partial charge in [0.2, 0.25) is 0 Å². The van der Waals surface area contributed by atoms with Crippen LogP contribution in [0.1, 0.15) is 41.0 Å². The Balaban J connectivity index is 0. The minimum absolute atomic E-state index is 0.975. The van der Waals surface area contributed by atoms with Crippen LogP contribution in [0.2, 0.25) is 0 Å². The fraction of sp³-hybridized carbons (Fsp3) is 0.889. The molecule has 11 heavy (non-hydrogen) atoms. The molecule has 0 unspecified atom stereocenters. The molecule has 1 aliphatic rings. The van der Waals surface area contributed by atoms with Crippen LogP contribution >= 0.6 is 0 Å². The number of nitrogens with one attached hydrogen (secondary N) is 1. The molecule has 0 amide bonds. The third-order valence-electron chi connectivity index (χ3n) is 1.08. The summed E-state index contributed by atoms with van der Waals surface area (Å²) in [6.07, 6.45) is 1.06. The molecular formula is C9H22N2. The molecular weight excluding hydrogens is 136 g/mol. The average molecular weight is 158 g/mol. The summed E-state index contributed by atoms with van der Waals surface area (Å²) in [6, 6.07) is 0. The largest absolute Gasteiger partial charge is 0.372 e. The van der Waals surface area contributed by atoms with Gasteiger partial charge < -0.3 is 5.32 Å². The van der Waals surface area contributed by atoms with Crippen LogP contribution in [0.25, 0.3) is 0 Å². The van der Waals surface area contributed by atoms with Crippen LogP contribution < -0.4 is 5.32 Å². The summed E-state index contributed by atoms with van der Waals surface area (Å²) >= 11 is 0. The van der Waals surface area contributed by atoms with E-state index in [1.165, 1.54) is 5.84 Å². The molecule has 0 saturated heterocycles. The van der Waals surface area contributed by atoms with E-state index in [4.69, 9.17) is 0 Å². The van der Waals surface area contributed by atoms with Gasteiger partial charge in [-0.1, -0.05) is 34.6 Å². The molecule has 1 heterocycles. The molecule has 0 saturated carbocycles. The van der Waals surface area contributed by atoms with Gasteiger partial charge in [-0.2, -0.15) is 0 Å². The Morgan fingerprint density at radius 1 is 1.27 bits per heavy atom. The van der Waals surface area contributed by atoms with Crippen LogP contribution in [0.15, 0.2) is 4.99 Å². The number of amidine groups is 1. The highest BCUT2D eigenvalue weighted by molar-refractivity contribution is 5.83. The highest BCUT2D eigenvalue weighted by atomic mass is 15.1. The lowest BCUT2D eigenvalue weighted by Gasteiger charge is -1.91. The van der Waals surface area contributed by atoms with Crippen molar-refractivity contribution in [3.63, 3.8) is 0 Å². The van der Waals surface area contributed by atoms with Crippen molar-refractivity contribution < 1.29 is 0 Å². The molecule has 0 bridgehead atoms. The van der Waals surface area contributed by atoms with Gasteiger partial charge in [-0.3, -0.25) is 4.99 Å². The lowest BCUT2D eigenvalue weighted by molar-refractivity contribution is 0.951. The van der Waals surface area contributed by atoms with Gasteiger partial charge in [0.05, 0.1) is 12.4 Å². The molecule has 0 fully saturated rings. The first-order chi connectivity index (χ1) is 5.43. The van der Waals surface area contributed by atoms with Crippen molar-refractivity contribution in [1.82, 2.24) is 5.32 Å². The van der Waals surface area contributed by atoms with E-state index in [-0.39, 0.29) is 0 Å². The summed E-state index contributed by atoms with van der Waals surface area (Å²) < 4.78 is 0. The molecule has 0 aliphatic carbocycles. The molecule has 68 valence electrons. The fourth-order valence-corrected chi connectivity index (χ4v) is 0.684. The van der Waals surface area contributed by atoms with E-state index >= 15 is 0 Å². The Bertz CT molecular complexity index is 87.6. The Morgan fingerprint density at radius 2 is 1.82 bits per heavy atom. The Kier molecular flexibility index (Phi) is 14.5. The van der Waals surface area contributed by atoms with E-state index in [0.717, 1.165) is 19.5 Å². The van der Waals surface area contributed by atoms with E-state index in [1.54, 1.807) is 0 Å². The number of hydrogen-bond acceptors (Lipinski definition) is 2. The van der Waals surface area contributed by atoms with E-state index < -0.39 is 0 Å². The van der Waals surface area contributed by atoms with Crippen LogP contribution in [-0.2, 0) is 0 Å². The lowest BCUT2D eigenvalue weighted by atomic mass is 10.4. The first kappa shape index (κ1) is 13.1. The third kappa shape index (κ3) is 7.37.